The number of benzene rings is 1. The molecular weight excluding hydrogens is 250 g/mol. The Morgan fingerprint density at radius 2 is 2.15 bits per heavy atom. The van der Waals surface area contributed by atoms with Gasteiger partial charge in [0, 0.05) is 35.2 Å². The van der Waals surface area contributed by atoms with Gasteiger partial charge in [-0.05, 0) is 57.1 Å². The van der Waals surface area contributed by atoms with Crippen LogP contribution in [0.3, 0.4) is 0 Å². The number of rotatable bonds is 4. The summed E-state index contributed by atoms with van der Waals surface area (Å²) < 4.78 is 0. The maximum Gasteiger partial charge on any atom is 0.251 e. The third-order valence-corrected chi connectivity index (χ3v) is 3.92. The van der Waals surface area contributed by atoms with Crippen molar-refractivity contribution in [3.05, 3.63) is 36.0 Å². The molecule has 0 spiro atoms. The lowest BCUT2D eigenvalue weighted by atomic mass is 10.1. The lowest BCUT2D eigenvalue weighted by Gasteiger charge is -2.21. The summed E-state index contributed by atoms with van der Waals surface area (Å²) in [6.07, 6.45) is 4.46. The molecule has 1 saturated heterocycles. The molecule has 1 unspecified atom stereocenters. The highest BCUT2D eigenvalue weighted by atomic mass is 16.1. The highest BCUT2D eigenvalue weighted by Crippen LogP contribution is 2.14. The van der Waals surface area contributed by atoms with Crippen LogP contribution >= 0.6 is 0 Å². The summed E-state index contributed by atoms with van der Waals surface area (Å²) in [5.41, 5.74) is 1.79. The number of hydrogen-bond acceptors (Lipinski definition) is 2. The van der Waals surface area contributed by atoms with Crippen LogP contribution in [0.5, 0.6) is 0 Å². The van der Waals surface area contributed by atoms with Crippen LogP contribution in [0.2, 0.25) is 0 Å². The maximum atomic E-state index is 12.3. The van der Waals surface area contributed by atoms with E-state index < -0.39 is 0 Å². The van der Waals surface area contributed by atoms with E-state index >= 15 is 0 Å². The van der Waals surface area contributed by atoms with Crippen molar-refractivity contribution in [3.8, 4) is 0 Å². The fourth-order valence-corrected chi connectivity index (χ4v) is 2.90. The van der Waals surface area contributed by atoms with E-state index in [4.69, 9.17) is 0 Å². The van der Waals surface area contributed by atoms with Crippen LogP contribution in [0, 0.1) is 0 Å². The molecule has 0 aliphatic carbocycles. The molecule has 2 aromatic rings. The number of aromatic amines is 1. The quantitative estimate of drug-likeness (QED) is 0.897. The molecule has 0 saturated carbocycles. The second-order valence-corrected chi connectivity index (χ2v) is 5.66. The SMILES string of the molecule is CC(CN1CCCC1)NC(=O)c1ccc2[nH]ccc2c1. The number of likely N-dealkylation sites (tertiary alicyclic amines) is 1. The lowest BCUT2D eigenvalue weighted by Crippen LogP contribution is -2.41. The summed E-state index contributed by atoms with van der Waals surface area (Å²) in [6, 6.07) is 7.93. The summed E-state index contributed by atoms with van der Waals surface area (Å²) >= 11 is 0. The Balaban J connectivity index is 1.62. The summed E-state index contributed by atoms with van der Waals surface area (Å²) in [6.45, 7) is 5.34. The van der Waals surface area contributed by atoms with Crippen LogP contribution in [0.4, 0.5) is 0 Å². The zero-order valence-corrected chi connectivity index (χ0v) is 11.9. The molecule has 1 aromatic carbocycles. The van der Waals surface area contributed by atoms with Crippen LogP contribution in [-0.2, 0) is 0 Å². The summed E-state index contributed by atoms with van der Waals surface area (Å²) in [5.74, 6) is 0.0137. The first-order valence-corrected chi connectivity index (χ1v) is 7.33. The molecule has 0 bridgehead atoms. The van der Waals surface area contributed by atoms with Gasteiger partial charge in [-0.2, -0.15) is 0 Å². The number of amides is 1. The highest BCUT2D eigenvalue weighted by Gasteiger charge is 2.16. The van der Waals surface area contributed by atoms with Gasteiger partial charge in [0.15, 0.2) is 0 Å². The number of aromatic nitrogens is 1. The van der Waals surface area contributed by atoms with E-state index in [1.54, 1.807) is 0 Å². The number of nitrogens with one attached hydrogen (secondary N) is 2. The lowest BCUT2D eigenvalue weighted by molar-refractivity contribution is 0.0932. The van der Waals surface area contributed by atoms with Crippen LogP contribution in [-0.4, -0.2) is 41.5 Å². The zero-order chi connectivity index (χ0) is 13.9. The van der Waals surface area contributed by atoms with Gasteiger partial charge in [-0.1, -0.05) is 0 Å². The minimum absolute atomic E-state index is 0.0137. The van der Waals surface area contributed by atoms with Crippen LogP contribution in [0.15, 0.2) is 30.5 Å². The van der Waals surface area contributed by atoms with Gasteiger partial charge in [-0.25, -0.2) is 0 Å². The van der Waals surface area contributed by atoms with Gasteiger partial charge in [-0.15, -0.1) is 0 Å². The van der Waals surface area contributed by atoms with E-state index in [9.17, 15) is 4.79 Å². The second kappa shape index (κ2) is 5.67. The van der Waals surface area contributed by atoms with Gasteiger partial charge in [-0.3, -0.25) is 4.79 Å². The number of hydrogen-bond donors (Lipinski definition) is 2. The summed E-state index contributed by atoms with van der Waals surface area (Å²) in [5, 5.41) is 4.16. The first-order chi connectivity index (χ1) is 9.72. The van der Waals surface area contributed by atoms with Gasteiger partial charge < -0.3 is 15.2 Å². The van der Waals surface area contributed by atoms with E-state index in [1.807, 2.05) is 30.5 Å². The fourth-order valence-electron chi connectivity index (χ4n) is 2.90. The summed E-state index contributed by atoms with van der Waals surface area (Å²) in [4.78, 5) is 17.8. The minimum Gasteiger partial charge on any atom is -0.361 e. The van der Waals surface area contributed by atoms with E-state index in [2.05, 4.69) is 22.1 Å². The van der Waals surface area contributed by atoms with Crippen molar-refractivity contribution in [2.45, 2.75) is 25.8 Å². The van der Waals surface area contributed by atoms with E-state index in [0.29, 0.717) is 0 Å². The van der Waals surface area contributed by atoms with Crippen molar-refractivity contribution in [3.63, 3.8) is 0 Å². The van der Waals surface area contributed by atoms with Gasteiger partial charge in [0.2, 0.25) is 0 Å². The maximum absolute atomic E-state index is 12.3. The van der Waals surface area contributed by atoms with Crippen LogP contribution in [0.25, 0.3) is 10.9 Å². The molecule has 1 aliphatic rings. The molecule has 3 rings (SSSR count). The number of carbonyl (C=O) groups excluding carboxylic acids is 1. The Bertz CT molecular complexity index is 599. The predicted octanol–water partition coefficient (Wildman–Crippen LogP) is 2.38. The fraction of sp³-hybridized carbons (Fsp3) is 0.438. The van der Waals surface area contributed by atoms with Crippen molar-refractivity contribution in [2.75, 3.05) is 19.6 Å². The normalized spacial score (nSPS) is 17.4. The van der Waals surface area contributed by atoms with Crippen molar-refractivity contribution in [2.24, 2.45) is 0 Å². The number of fused-ring (bicyclic) bond motifs is 1. The van der Waals surface area contributed by atoms with E-state index in [1.165, 1.54) is 12.8 Å². The van der Waals surface area contributed by atoms with Gasteiger partial charge >= 0.3 is 0 Å². The molecule has 4 nitrogen and oxygen atoms in total. The van der Waals surface area contributed by atoms with Gasteiger partial charge in [0.05, 0.1) is 0 Å². The minimum atomic E-state index is 0.0137. The van der Waals surface area contributed by atoms with Gasteiger partial charge in [0.25, 0.3) is 5.91 Å². The molecule has 1 fully saturated rings. The molecule has 2 heterocycles. The molecule has 1 aliphatic heterocycles. The Kier molecular flexibility index (Phi) is 3.74. The van der Waals surface area contributed by atoms with Crippen molar-refractivity contribution in [1.82, 2.24) is 15.2 Å². The molecule has 0 radical (unpaired) electrons. The zero-order valence-electron chi connectivity index (χ0n) is 11.9. The molecular formula is C16H21N3O. The molecule has 1 aromatic heterocycles. The first kappa shape index (κ1) is 13.2. The molecule has 1 amide bonds. The average molecular weight is 271 g/mol. The Morgan fingerprint density at radius 1 is 1.35 bits per heavy atom. The molecule has 2 N–H and O–H groups in total. The van der Waals surface area contributed by atoms with Crippen LogP contribution < -0.4 is 5.32 Å². The van der Waals surface area contributed by atoms with Gasteiger partial charge in [0.1, 0.15) is 0 Å². The van der Waals surface area contributed by atoms with Crippen LogP contribution in [0.1, 0.15) is 30.1 Å². The third-order valence-electron chi connectivity index (χ3n) is 3.92. The third kappa shape index (κ3) is 2.85. The number of H-pyrrole nitrogens is 1. The largest absolute Gasteiger partial charge is 0.361 e. The summed E-state index contributed by atoms with van der Waals surface area (Å²) in [7, 11) is 0. The first-order valence-electron chi connectivity index (χ1n) is 7.33. The number of nitrogens with zero attached hydrogens (tertiary/aromatic N) is 1. The highest BCUT2D eigenvalue weighted by molar-refractivity contribution is 5.98. The van der Waals surface area contributed by atoms with Crippen molar-refractivity contribution < 1.29 is 4.79 Å². The molecule has 106 valence electrons. The second-order valence-electron chi connectivity index (χ2n) is 5.66. The van der Waals surface area contributed by atoms with Crippen molar-refractivity contribution >= 4 is 16.8 Å². The van der Waals surface area contributed by atoms with E-state index in [-0.39, 0.29) is 11.9 Å². The monoisotopic (exact) mass is 271 g/mol. The smallest absolute Gasteiger partial charge is 0.251 e. The number of carbonyl (C=O) groups is 1. The predicted molar refractivity (Wildman–Crippen MR) is 80.9 cm³/mol. The Hall–Kier alpha value is -1.81. The van der Waals surface area contributed by atoms with E-state index in [0.717, 1.165) is 36.1 Å². The Labute approximate surface area is 119 Å². The molecule has 1 atom stereocenters. The van der Waals surface area contributed by atoms with Crippen molar-refractivity contribution in [1.29, 1.82) is 0 Å². The molecule has 4 heteroatoms. The standard InChI is InChI=1S/C16H21N3O/c1-12(11-19-8-2-3-9-19)18-16(20)14-4-5-15-13(10-14)6-7-17-15/h4-7,10,12,17H,2-3,8-9,11H2,1H3,(H,18,20). The average Bonchev–Trinajstić information content (AvgIpc) is 3.07. The molecule has 20 heavy (non-hydrogen) atoms. The Morgan fingerprint density at radius 3 is 2.95 bits per heavy atom. The topological polar surface area (TPSA) is 48.1 Å².